The van der Waals surface area contributed by atoms with Crippen LogP contribution in [0.4, 0.5) is 11.6 Å². The minimum Gasteiger partial charge on any atom is -0.454 e. The maximum Gasteiger partial charge on any atom is 0.248 e. The zero-order valence-electron chi connectivity index (χ0n) is 18.3. The van der Waals surface area contributed by atoms with Crippen molar-refractivity contribution in [3.05, 3.63) is 71.9 Å². The van der Waals surface area contributed by atoms with Gasteiger partial charge in [-0.15, -0.1) is 0 Å². The smallest absolute Gasteiger partial charge is 0.248 e. The number of amides is 1. The molecule has 0 spiro atoms. The molecule has 3 heterocycles. The Balaban J connectivity index is 1.60. The SMILES string of the molecule is CCc1cccc(-c2[nH]c(N(C)c3ccc(C(N)=O)cc3)nc2-c2ccc3c(c2)OCO3)n1. The van der Waals surface area contributed by atoms with E-state index in [-0.39, 0.29) is 6.79 Å². The summed E-state index contributed by atoms with van der Waals surface area (Å²) in [5.41, 5.74) is 10.9. The van der Waals surface area contributed by atoms with Crippen molar-refractivity contribution < 1.29 is 14.3 Å². The van der Waals surface area contributed by atoms with Gasteiger partial charge in [0.2, 0.25) is 18.6 Å². The normalized spacial score (nSPS) is 12.1. The molecule has 0 saturated heterocycles. The first-order valence-electron chi connectivity index (χ1n) is 10.6. The average Bonchev–Trinajstić information content (AvgIpc) is 3.50. The lowest BCUT2D eigenvalue weighted by molar-refractivity contribution is 0.100. The fourth-order valence-electron chi connectivity index (χ4n) is 3.74. The van der Waals surface area contributed by atoms with Gasteiger partial charge in [-0.3, -0.25) is 9.78 Å². The van der Waals surface area contributed by atoms with Crippen molar-refractivity contribution in [1.82, 2.24) is 15.0 Å². The van der Waals surface area contributed by atoms with E-state index in [2.05, 4.69) is 11.9 Å². The highest BCUT2D eigenvalue weighted by Crippen LogP contribution is 2.39. The Bertz CT molecular complexity index is 1330. The number of rotatable bonds is 6. The highest BCUT2D eigenvalue weighted by Gasteiger charge is 2.21. The highest BCUT2D eigenvalue weighted by molar-refractivity contribution is 5.93. The zero-order chi connectivity index (χ0) is 22.9. The van der Waals surface area contributed by atoms with Crippen molar-refractivity contribution in [3.8, 4) is 34.1 Å². The number of nitrogens with two attached hydrogens (primary N) is 1. The van der Waals surface area contributed by atoms with Crippen LogP contribution in [0.5, 0.6) is 11.5 Å². The number of carbonyl (C=O) groups is 1. The van der Waals surface area contributed by atoms with Gasteiger partial charge in [0.1, 0.15) is 5.69 Å². The van der Waals surface area contributed by atoms with Crippen LogP contribution in [0.3, 0.4) is 0 Å². The lowest BCUT2D eigenvalue weighted by Crippen LogP contribution is -2.13. The fourth-order valence-corrected chi connectivity index (χ4v) is 3.74. The van der Waals surface area contributed by atoms with E-state index in [1.165, 1.54) is 0 Å². The van der Waals surface area contributed by atoms with Crippen LogP contribution in [0.1, 0.15) is 23.0 Å². The molecule has 5 rings (SSSR count). The maximum absolute atomic E-state index is 11.4. The molecule has 0 unspecified atom stereocenters. The van der Waals surface area contributed by atoms with E-state index in [9.17, 15) is 4.79 Å². The molecule has 2 aromatic carbocycles. The minimum absolute atomic E-state index is 0.210. The molecule has 0 atom stereocenters. The number of nitrogens with one attached hydrogen (secondary N) is 1. The number of ether oxygens (including phenoxy) is 2. The molecule has 1 amide bonds. The molecule has 4 aromatic rings. The predicted molar refractivity (Wildman–Crippen MR) is 126 cm³/mol. The molecule has 166 valence electrons. The Morgan fingerprint density at radius 1 is 1.06 bits per heavy atom. The monoisotopic (exact) mass is 441 g/mol. The van der Waals surface area contributed by atoms with E-state index < -0.39 is 5.91 Å². The number of primary amides is 1. The quantitative estimate of drug-likeness (QED) is 0.462. The lowest BCUT2D eigenvalue weighted by Gasteiger charge is -2.16. The van der Waals surface area contributed by atoms with Crippen molar-refractivity contribution in [2.24, 2.45) is 5.73 Å². The van der Waals surface area contributed by atoms with Gasteiger partial charge in [-0.2, -0.15) is 0 Å². The van der Waals surface area contributed by atoms with Gasteiger partial charge in [0, 0.05) is 29.6 Å². The Labute approximate surface area is 191 Å². The third-order valence-corrected chi connectivity index (χ3v) is 5.62. The first-order chi connectivity index (χ1) is 16.0. The molecule has 8 heteroatoms. The first kappa shape index (κ1) is 20.6. The van der Waals surface area contributed by atoms with Crippen LogP contribution in [0.2, 0.25) is 0 Å². The van der Waals surface area contributed by atoms with E-state index in [1.807, 2.05) is 60.5 Å². The molecule has 3 N–H and O–H groups in total. The summed E-state index contributed by atoms with van der Waals surface area (Å²) >= 11 is 0. The topological polar surface area (TPSA) is 106 Å². The van der Waals surface area contributed by atoms with Crippen LogP contribution in [0.15, 0.2) is 60.7 Å². The van der Waals surface area contributed by atoms with E-state index >= 15 is 0 Å². The summed E-state index contributed by atoms with van der Waals surface area (Å²) in [7, 11) is 1.90. The number of aromatic amines is 1. The highest BCUT2D eigenvalue weighted by atomic mass is 16.7. The van der Waals surface area contributed by atoms with Crippen molar-refractivity contribution in [2.45, 2.75) is 13.3 Å². The van der Waals surface area contributed by atoms with Crippen molar-refractivity contribution in [2.75, 3.05) is 18.7 Å². The maximum atomic E-state index is 11.4. The van der Waals surface area contributed by atoms with E-state index in [4.69, 9.17) is 25.2 Å². The predicted octanol–water partition coefficient (Wildman–Crippen LogP) is 4.30. The van der Waals surface area contributed by atoms with Gasteiger partial charge in [-0.1, -0.05) is 13.0 Å². The molecule has 0 bridgehead atoms. The van der Waals surface area contributed by atoms with Gasteiger partial charge in [0.05, 0.1) is 11.4 Å². The Kier molecular flexibility index (Phi) is 5.18. The Hall–Kier alpha value is -4.33. The van der Waals surface area contributed by atoms with E-state index in [1.54, 1.807) is 12.1 Å². The van der Waals surface area contributed by atoms with Crippen LogP contribution in [0.25, 0.3) is 22.6 Å². The summed E-state index contributed by atoms with van der Waals surface area (Å²) in [6.45, 7) is 2.29. The number of hydrogen-bond donors (Lipinski definition) is 2. The minimum atomic E-state index is -0.462. The van der Waals surface area contributed by atoms with Crippen molar-refractivity contribution in [3.63, 3.8) is 0 Å². The molecule has 0 aliphatic carbocycles. The summed E-state index contributed by atoms with van der Waals surface area (Å²) in [5.74, 6) is 1.58. The number of fused-ring (bicyclic) bond motifs is 1. The second-order valence-corrected chi connectivity index (χ2v) is 7.69. The summed E-state index contributed by atoms with van der Waals surface area (Å²) in [5, 5.41) is 0. The van der Waals surface area contributed by atoms with Crippen LogP contribution in [-0.4, -0.2) is 34.7 Å². The first-order valence-corrected chi connectivity index (χ1v) is 10.6. The Morgan fingerprint density at radius 3 is 2.61 bits per heavy atom. The number of aromatic nitrogens is 3. The summed E-state index contributed by atoms with van der Waals surface area (Å²) in [6.07, 6.45) is 0.834. The lowest BCUT2D eigenvalue weighted by atomic mass is 10.1. The van der Waals surface area contributed by atoms with E-state index in [0.29, 0.717) is 23.0 Å². The van der Waals surface area contributed by atoms with Crippen LogP contribution in [-0.2, 0) is 6.42 Å². The molecular formula is C25H23N5O3. The zero-order valence-corrected chi connectivity index (χ0v) is 18.3. The molecule has 1 aliphatic rings. The average molecular weight is 441 g/mol. The van der Waals surface area contributed by atoms with Gasteiger partial charge < -0.3 is 25.1 Å². The fraction of sp³-hybridized carbons (Fsp3) is 0.160. The summed E-state index contributed by atoms with van der Waals surface area (Å²) in [4.78, 5) is 26.5. The molecule has 2 aromatic heterocycles. The Morgan fingerprint density at radius 2 is 1.85 bits per heavy atom. The number of carbonyl (C=O) groups excluding carboxylic acids is 1. The van der Waals surface area contributed by atoms with Gasteiger partial charge >= 0.3 is 0 Å². The van der Waals surface area contributed by atoms with Gasteiger partial charge in [0.15, 0.2) is 11.5 Å². The number of hydrogen-bond acceptors (Lipinski definition) is 6. The molecular weight excluding hydrogens is 418 g/mol. The molecule has 0 fully saturated rings. The number of anilines is 2. The molecule has 0 radical (unpaired) electrons. The second kappa shape index (κ2) is 8.31. The summed E-state index contributed by atoms with van der Waals surface area (Å²) in [6, 6.07) is 18.8. The van der Waals surface area contributed by atoms with Crippen LogP contribution < -0.4 is 20.1 Å². The third-order valence-electron chi connectivity index (χ3n) is 5.62. The van der Waals surface area contributed by atoms with Gasteiger partial charge in [0.25, 0.3) is 0 Å². The van der Waals surface area contributed by atoms with Crippen molar-refractivity contribution in [1.29, 1.82) is 0 Å². The van der Waals surface area contributed by atoms with Crippen LogP contribution >= 0.6 is 0 Å². The molecule has 8 nitrogen and oxygen atoms in total. The molecule has 33 heavy (non-hydrogen) atoms. The molecule has 1 aliphatic heterocycles. The van der Waals surface area contributed by atoms with Gasteiger partial charge in [-0.25, -0.2) is 4.98 Å². The third kappa shape index (κ3) is 3.87. The summed E-state index contributed by atoms with van der Waals surface area (Å²) < 4.78 is 11.0. The van der Waals surface area contributed by atoms with Gasteiger partial charge in [-0.05, 0) is 61.0 Å². The number of benzene rings is 2. The van der Waals surface area contributed by atoms with Crippen LogP contribution in [0, 0.1) is 0 Å². The number of nitrogens with zero attached hydrogens (tertiary/aromatic N) is 3. The number of aryl methyl sites for hydroxylation is 1. The number of imidazole rings is 1. The van der Waals surface area contributed by atoms with E-state index in [0.717, 1.165) is 40.4 Å². The molecule has 0 saturated carbocycles. The second-order valence-electron chi connectivity index (χ2n) is 7.69. The largest absolute Gasteiger partial charge is 0.454 e. The number of pyridine rings is 1. The van der Waals surface area contributed by atoms with Crippen molar-refractivity contribution >= 4 is 17.5 Å². The number of H-pyrrole nitrogens is 1. The standard InChI is InChI=1S/C25H23N5O3/c1-3-17-5-4-6-19(27-17)23-22(16-9-12-20-21(13-16)33-14-32-20)28-25(29-23)30(2)18-10-7-15(8-11-18)24(26)31/h4-13H,3,14H2,1-2H3,(H2,26,31)(H,28,29).